The lowest BCUT2D eigenvalue weighted by Gasteiger charge is -2.09. The third-order valence-corrected chi connectivity index (χ3v) is 2.45. The van der Waals surface area contributed by atoms with E-state index in [9.17, 15) is 4.79 Å². The molecule has 4 heteroatoms. The molecule has 1 aromatic rings. The summed E-state index contributed by atoms with van der Waals surface area (Å²) in [5, 5.41) is 6.68. The summed E-state index contributed by atoms with van der Waals surface area (Å²) in [5.74, 6) is 0.0334. The quantitative estimate of drug-likeness (QED) is 0.763. The van der Waals surface area contributed by atoms with Gasteiger partial charge in [-0.15, -0.1) is 0 Å². The molecule has 17 heavy (non-hydrogen) atoms. The molecule has 0 aliphatic rings. The molecule has 94 valence electrons. The van der Waals surface area contributed by atoms with E-state index < -0.39 is 0 Å². The van der Waals surface area contributed by atoms with Crippen molar-refractivity contribution in [2.45, 2.75) is 26.3 Å². The first kappa shape index (κ1) is 14.0. The number of hydrogen-bond acceptors (Lipinski definition) is 2. The molecule has 0 atom stereocenters. The largest absolute Gasteiger partial charge is 0.353 e. The Bertz CT molecular complexity index is 366. The maximum Gasteiger partial charge on any atom is 0.234 e. The lowest BCUT2D eigenvalue weighted by Crippen LogP contribution is -2.38. The monoisotopic (exact) mass is 254 g/mol. The van der Waals surface area contributed by atoms with Crippen LogP contribution in [0.2, 0.25) is 5.02 Å². The van der Waals surface area contributed by atoms with Crippen molar-refractivity contribution >= 4 is 17.5 Å². The summed E-state index contributed by atoms with van der Waals surface area (Å²) in [5.41, 5.74) is 1.18. The molecule has 0 spiro atoms. The lowest BCUT2D eigenvalue weighted by atomic mass is 10.1. The van der Waals surface area contributed by atoms with Gasteiger partial charge in [0.15, 0.2) is 0 Å². The number of carbonyl (C=O) groups is 1. The van der Waals surface area contributed by atoms with Gasteiger partial charge in [0.25, 0.3) is 0 Å². The summed E-state index contributed by atoms with van der Waals surface area (Å²) >= 11 is 5.88. The molecule has 0 heterocycles. The normalized spacial score (nSPS) is 10.6. The molecule has 0 saturated carbocycles. The standard InChI is InChI=1S/C13H19ClN2O/c1-10(2)16-13(17)9-15-7-6-11-4-3-5-12(14)8-11/h3-5,8,10,15H,6-7,9H2,1-2H3,(H,16,17). The Morgan fingerprint density at radius 3 is 2.82 bits per heavy atom. The van der Waals surface area contributed by atoms with Crippen LogP contribution in [0.25, 0.3) is 0 Å². The van der Waals surface area contributed by atoms with E-state index in [1.165, 1.54) is 5.56 Å². The van der Waals surface area contributed by atoms with Crippen molar-refractivity contribution in [3.63, 3.8) is 0 Å². The van der Waals surface area contributed by atoms with E-state index in [4.69, 9.17) is 11.6 Å². The van der Waals surface area contributed by atoms with Crippen molar-refractivity contribution < 1.29 is 4.79 Å². The van der Waals surface area contributed by atoms with Crippen molar-refractivity contribution in [3.8, 4) is 0 Å². The number of carbonyl (C=O) groups excluding carboxylic acids is 1. The molecule has 2 N–H and O–H groups in total. The van der Waals surface area contributed by atoms with E-state index >= 15 is 0 Å². The van der Waals surface area contributed by atoms with Crippen LogP contribution in [0.5, 0.6) is 0 Å². The molecule has 0 bridgehead atoms. The summed E-state index contributed by atoms with van der Waals surface area (Å²) < 4.78 is 0. The fraction of sp³-hybridized carbons (Fsp3) is 0.462. The van der Waals surface area contributed by atoms with Crippen LogP contribution in [0, 0.1) is 0 Å². The highest BCUT2D eigenvalue weighted by Crippen LogP contribution is 2.10. The van der Waals surface area contributed by atoms with Crippen molar-refractivity contribution in [1.82, 2.24) is 10.6 Å². The molecule has 1 aromatic carbocycles. The fourth-order valence-corrected chi connectivity index (χ4v) is 1.71. The summed E-state index contributed by atoms with van der Waals surface area (Å²) in [6.45, 7) is 5.03. The first-order valence-electron chi connectivity index (χ1n) is 5.82. The van der Waals surface area contributed by atoms with Crippen molar-refractivity contribution in [2.75, 3.05) is 13.1 Å². The van der Waals surface area contributed by atoms with Gasteiger partial charge in [-0.1, -0.05) is 23.7 Å². The third-order valence-electron chi connectivity index (χ3n) is 2.21. The smallest absolute Gasteiger partial charge is 0.234 e. The zero-order chi connectivity index (χ0) is 12.7. The van der Waals surface area contributed by atoms with Gasteiger partial charge in [-0.05, 0) is 44.5 Å². The number of halogens is 1. The van der Waals surface area contributed by atoms with E-state index in [1.54, 1.807) is 0 Å². The van der Waals surface area contributed by atoms with E-state index in [-0.39, 0.29) is 11.9 Å². The van der Waals surface area contributed by atoms with Crippen LogP contribution in [0.1, 0.15) is 19.4 Å². The van der Waals surface area contributed by atoms with Crippen LogP contribution in [-0.4, -0.2) is 25.0 Å². The second-order valence-corrected chi connectivity index (χ2v) is 4.72. The molecule has 0 saturated heterocycles. The maximum absolute atomic E-state index is 11.3. The number of nitrogens with one attached hydrogen (secondary N) is 2. The zero-order valence-corrected chi connectivity index (χ0v) is 11.1. The van der Waals surface area contributed by atoms with Gasteiger partial charge in [0, 0.05) is 11.1 Å². The van der Waals surface area contributed by atoms with Crippen LogP contribution >= 0.6 is 11.6 Å². The molecule has 0 radical (unpaired) electrons. The average Bonchev–Trinajstić information content (AvgIpc) is 2.23. The molecule has 1 rings (SSSR count). The van der Waals surface area contributed by atoms with E-state index in [2.05, 4.69) is 10.6 Å². The number of rotatable bonds is 6. The van der Waals surface area contributed by atoms with E-state index in [1.807, 2.05) is 38.1 Å². The Labute approximate surface area is 108 Å². The Morgan fingerprint density at radius 2 is 2.18 bits per heavy atom. The molecule has 3 nitrogen and oxygen atoms in total. The van der Waals surface area contributed by atoms with Crippen LogP contribution in [-0.2, 0) is 11.2 Å². The van der Waals surface area contributed by atoms with Gasteiger partial charge in [-0.25, -0.2) is 0 Å². The SMILES string of the molecule is CC(C)NC(=O)CNCCc1cccc(Cl)c1. The second-order valence-electron chi connectivity index (χ2n) is 4.28. The van der Waals surface area contributed by atoms with Crippen LogP contribution < -0.4 is 10.6 Å². The molecule has 0 aliphatic carbocycles. The van der Waals surface area contributed by atoms with Crippen LogP contribution in [0.4, 0.5) is 0 Å². The summed E-state index contributed by atoms with van der Waals surface area (Å²) in [6, 6.07) is 7.95. The van der Waals surface area contributed by atoms with Crippen LogP contribution in [0.3, 0.4) is 0 Å². The molecular weight excluding hydrogens is 236 g/mol. The van der Waals surface area contributed by atoms with Gasteiger partial charge >= 0.3 is 0 Å². The number of benzene rings is 1. The highest BCUT2D eigenvalue weighted by Gasteiger charge is 2.01. The molecule has 0 fully saturated rings. The Morgan fingerprint density at radius 1 is 1.41 bits per heavy atom. The maximum atomic E-state index is 11.3. The van der Waals surface area contributed by atoms with Gasteiger partial charge in [0.1, 0.15) is 0 Å². The molecule has 0 unspecified atom stereocenters. The average molecular weight is 255 g/mol. The third kappa shape index (κ3) is 6.29. The summed E-state index contributed by atoms with van der Waals surface area (Å²) in [6.07, 6.45) is 0.871. The molecular formula is C13H19ClN2O. The Balaban J connectivity index is 2.18. The first-order chi connectivity index (χ1) is 8.08. The van der Waals surface area contributed by atoms with Crippen LogP contribution in [0.15, 0.2) is 24.3 Å². The minimum atomic E-state index is 0.0334. The zero-order valence-electron chi connectivity index (χ0n) is 10.3. The summed E-state index contributed by atoms with van der Waals surface area (Å²) in [7, 11) is 0. The minimum Gasteiger partial charge on any atom is -0.353 e. The van der Waals surface area contributed by atoms with Gasteiger partial charge in [0.05, 0.1) is 6.54 Å². The molecule has 0 aliphatic heterocycles. The summed E-state index contributed by atoms with van der Waals surface area (Å²) in [4.78, 5) is 11.3. The van der Waals surface area contributed by atoms with Gasteiger partial charge in [0.2, 0.25) is 5.91 Å². The fourth-order valence-electron chi connectivity index (χ4n) is 1.50. The predicted molar refractivity (Wildman–Crippen MR) is 71.3 cm³/mol. The van der Waals surface area contributed by atoms with E-state index in [0.29, 0.717) is 6.54 Å². The molecule has 0 aromatic heterocycles. The van der Waals surface area contributed by atoms with Gasteiger partial charge in [-0.3, -0.25) is 4.79 Å². The highest BCUT2D eigenvalue weighted by atomic mass is 35.5. The minimum absolute atomic E-state index is 0.0334. The van der Waals surface area contributed by atoms with Crippen molar-refractivity contribution in [1.29, 1.82) is 0 Å². The lowest BCUT2D eigenvalue weighted by molar-refractivity contribution is -0.120. The molecule has 1 amide bonds. The topological polar surface area (TPSA) is 41.1 Å². The highest BCUT2D eigenvalue weighted by molar-refractivity contribution is 6.30. The van der Waals surface area contributed by atoms with Crippen molar-refractivity contribution in [2.24, 2.45) is 0 Å². The Kier molecular flexibility index (Phi) is 6.01. The Hall–Kier alpha value is -1.06. The van der Waals surface area contributed by atoms with Gasteiger partial charge < -0.3 is 10.6 Å². The first-order valence-corrected chi connectivity index (χ1v) is 6.20. The van der Waals surface area contributed by atoms with Gasteiger partial charge in [-0.2, -0.15) is 0 Å². The second kappa shape index (κ2) is 7.30. The number of amides is 1. The van der Waals surface area contributed by atoms with E-state index in [0.717, 1.165) is 18.0 Å². The van der Waals surface area contributed by atoms with Crippen molar-refractivity contribution in [3.05, 3.63) is 34.9 Å². The predicted octanol–water partition coefficient (Wildman–Crippen LogP) is 2.00. The number of hydrogen-bond donors (Lipinski definition) is 2.